The predicted octanol–water partition coefficient (Wildman–Crippen LogP) is 7.14. The molecule has 0 saturated heterocycles. The number of para-hydroxylation sites is 4. The first-order valence-electron chi connectivity index (χ1n) is 15.9. The van der Waals surface area contributed by atoms with E-state index < -0.39 is 47.4 Å². The van der Waals surface area contributed by atoms with Gasteiger partial charge in [0.15, 0.2) is 0 Å². The van der Waals surface area contributed by atoms with Crippen LogP contribution < -0.4 is 24.8 Å². The number of benzene rings is 4. The molecule has 250 valence electrons. The lowest BCUT2D eigenvalue weighted by molar-refractivity contribution is -0.150. The van der Waals surface area contributed by atoms with E-state index in [1.54, 1.807) is 72.8 Å². The predicted molar refractivity (Wildman–Crippen MR) is 187 cm³/mol. The van der Waals surface area contributed by atoms with Gasteiger partial charge in [0.05, 0.1) is 36.1 Å². The SMILES string of the molecule is CCOc1ccccc1NC(=O)C1C(=O)CC(C)(O)C(C(=O)Nc2ccccc2OCC)C1c1ccc(OCc2ccc(Br)cc2)cc1. The minimum Gasteiger partial charge on any atom is -0.492 e. The van der Waals surface area contributed by atoms with Crippen molar-refractivity contribution in [3.05, 3.63) is 113 Å². The molecule has 1 fully saturated rings. The van der Waals surface area contributed by atoms with E-state index in [9.17, 15) is 19.5 Å². The van der Waals surface area contributed by atoms with Crippen molar-refractivity contribution in [3.63, 3.8) is 0 Å². The van der Waals surface area contributed by atoms with Crippen molar-refractivity contribution in [1.29, 1.82) is 0 Å². The summed E-state index contributed by atoms with van der Waals surface area (Å²) in [6.45, 7) is 6.23. The molecule has 4 atom stereocenters. The number of ether oxygens (including phenoxy) is 3. The van der Waals surface area contributed by atoms with Crippen LogP contribution in [0.25, 0.3) is 0 Å². The second-order valence-electron chi connectivity index (χ2n) is 11.8. The van der Waals surface area contributed by atoms with Gasteiger partial charge in [0, 0.05) is 16.8 Å². The Morgan fingerprint density at radius 3 is 1.90 bits per heavy atom. The molecule has 48 heavy (non-hydrogen) atoms. The van der Waals surface area contributed by atoms with Crippen molar-refractivity contribution >= 4 is 44.9 Å². The Labute approximate surface area is 288 Å². The monoisotopic (exact) mass is 714 g/mol. The lowest BCUT2D eigenvalue weighted by atomic mass is 9.61. The van der Waals surface area contributed by atoms with E-state index >= 15 is 0 Å². The molecule has 1 aliphatic carbocycles. The Hall–Kier alpha value is -4.67. The van der Waals surface area contributed by atoms with E-state index in [-0.39, 0.29) is 0 Å². The number of amides is 2. The van der Waals surface area contributed by atoms with Crippen LogP contribution in [0.2, 0.25) is 0 Å². The number of hydrogen-bond acceptors (Lipinski definition) is 7. The highest BCUT2D eigenvalue weighted by atomic mass is 79.9. The van der Waals surface area contributed by atoms with Gasteiger partial charge in [0.2, 0.25) is 11.8 Å². The summed E-state index contributed by atoms with van der Waals surface area (Å²) in [5.74, 6) is -3.67. The van der Waals surface area contributed by atoms with E-state index in [0.29, 0.717) is 54.0 Å². The maximum absolute atomic E-state index is 14.2. The van der Waals surface area contributed by atoms with E-state index in [1.807, 2.05) is 38.1 Å². The minimum atomic E-state index is -1.77. The third-order valence-corrected chi connectivity index (χ3v) is 8.83. The number of carbonyl (C=O) groups is 3. The summed E-state index contributed by atoms with van der Waals surface area (Å²) < 4.78 is 18.4. The molecule has 1 saturated carbocycles. The summed E-state index contributed by atoms with van der Waals surface area (Å²) in [5.41, 5.74) is 0.541. The van der Waals surface area contributed by atoms with Crippen LogP contribution in [0, 0.1) is 11.8 Å². The second kappa shape index (κ2) is 15.5. The number of halogens is 1. The molecule has 0 aliphatic heterocycles. The van der Waals surface area contributed by atoms with Crippen LogP contribution in [0.15, 0.2) is 102 Å². The highest BCUT2D eigenvalue weighted by Gasteiger charge is 2.56. The van der Waals surface area contributed by atoms with Crippen molar-refractivity contribution in [2.45, 2.75) is 45.3 Å². The topological polar surface area (TPSA) is 123 Å². The molecule has 10 heteroatoms. The van der Waals surface area contributed by atoms with Crippen LogP contribution in [0.5, 0.6) is 17.2 Å². The molecule has 2 amide bonds. The lowest BCUT2D eigenvalue weighted by Crippen LogP contribution is -2.56. The van der Waals surface area contributed by atoms with Crippen LogP contribution in [0.4, 0.5) is 11.4 Å². The van der Waals surface area contributed by atoms with Crippen LogP contribution in [0.1, 0.15) is 44.2 Å². The number of rotatable bonds is 12. The van der Waals surface area contributed by atoms with E-state index in [2.05, 4.69) is 26.6 Å². The average Bonchev–Trinajstić information content (AvgIpc) is 3.06. The third-order valence-electron chi connectivity index (χ3n) is 8.31. The van der Waals surface area contributed by atoms with Crippen LogP contribution in [-0.2, 0) is 21.0 Å². The van der Waals surface area contributed by atoms with Crippen molar-refractivity contribution < 1.29 is 33.7 Å². The smallest absolute Gasteiger partial charge is 0.235 e. The molecule has 4 aromatic rings. The van der Waals surface area contributed by atoms with Gasteiger partial charge in [-0.1, -0.05) is 64.5 Å². The molecule has 3 N–H and O–H groups in total. The van der Waals surface area contributed by atoms with Gasteiger partial charge >= 0.3 is 0 Å². The summed E-state index contributed by atoms with van der Waals surface area (Å²) in [5, 5.41) is 17.5. The summed E-state index contributed by atoms with van der Waals surface area (Å²) in [6, 6.07) is 28.7. The van der Waals surface area contributed by atoms with Crippen LogP contribution >= 0.6 is 15.9 Å². The first kappa shape index (κ1) is 34.7. The molecule has 4 unspecified atom stereocenters. The van der Waals surface area contributed by atoms with Gasteiger partial charge in [0.1, 0.15) is 35.6 Å². The van der Waals surface area contributed by atoms with Gasteiger partial charge in [0.25, 0.3) is 0 Å². The minimum absolute atomic E-state index is 0.331. The molecule has 0 aromatic heterocycles. The largest absolute Gasteiger partial charge is 0.492 e. The van der Waals surface area contributed by atoms with Gasteiger partial charge in [-0.05, 0) is 80.4 Å². The first-order chi connectivity index (χ1) is 23.1. The zero-order valence-electron chi connectivity index (χ0n) is 27.1. The molecule has 0 radical (unpaired) electrons. The molecule has 4 aromatic carbocycles. The molecule has 0 bridgehead atoms. The molecular formula is C38H39BrN2O7. The number of ketones is 1. The number of carbonyl (C=O) groups excluding carboxylic acids is 3. The highest BCUT2D eigenvalue weighted by Crippen LogP contribution is 2.47. The zero-order valence-corrected chi connectivity index (χ0v) is 28.7. The van der Waals surface area contributed by atoms with Gasteiger partial charge in [-0.15, -0.1) is 0 Å². The number of aliphatic hydroxyl groups is 1. The Balaban J connectivity index is 1.51. The normalized spacial score (nSPS) is 20.4. The highest BCUT2D eigenvalue weighted by molar-refractivity contribution is 9.10. The maximum Gasteiger partial charge on any atom is 0.235 e. The summed E-state index contributed by atoms with van der Waals surface area (Å²) in [4.78, 5) is 42.1. The maximum atomic E-state index is 14.2. The lowest BCUT2D eigenvalue weighted by Gasteiger charge is -2.44. The van der Waals surface area contributed by atoms with Gasteiger partial charge in [-0.25, -0.2) is 0 Å². The fourth-order valence-electron chi connectivity index (χ4n) is 6.15. The second-order valence-corrected chi connectivity index (χ2v) is 12.7. The van der Waals surface area contributed by atoms with Gasteiger partial charge in [-0.3, -0.25) is 14.4 Å². The molecule has 9 nitrogen and oxygen atoms in total. The number of Topliss-reactive ketones (excluding diaryl/α,β-unsaturated/α-hetero) is 1. The first-order valence-corrected chi connectivity index (χ1v) is 16.7. The molecule has 1 aliphatic rings. The van der Waals surface area contributed by atoms with E-state index in [1.165, 1.54) is 6.92 Å². The van der Waals surface area contributed by atoms with Crippen molar-refractivity contribution in [2.24, 2.45) is 11.8 Å². The summed E-state index contributed by atoms with van der Waals surface area (Å²) in [7, 11) is 0. The number of hydrogen-bond donors (Lipinski definition) is 3. The van der Waals surface area contributed by atoms with Crippen molar-refractivity contribution in [2.75, 3.05) is 23.8 Å². The van der Waals surface area contributed by atoms with Gasteiger partial charge in [-0.2, -0.15) is 0 Å². The van der Waals surface area contributed by atoms with E-state index in [0.717, 1.165) is 10.0 Å². The Morgan fingerprint density at radius 1 is 0.792 bits per heavy atom. The van der Waals surface area contributed by atoms with Crippen molar-refractivity contribution in [3.8, 4) is 17.2 Å². The number of nitrogens with one attached hydrogen (secondary N) is 2. The molecule has 5 rings (SSSR count). The Kier molecular flexibility index (Phi) is 11.2. The Bertz CT molecular complexity index is 1740. The summed E-state index contributed by atoms with van der Waals surface area (Å²) in [6.07, 6.45) is -0.395. The zero-order chi connectivity index (χ0) is 34.3. The molecule has 0 heterocycles. The van der Waals surface area contributed by atoms with E-state index in [4.69, 9.17) is 14.2 Å². The van der Waals surface area contributed by atoms with Crippen molar-refractivity contribution in [1.82, 2.24) is 0 Å². The molecular weight excluding hydrogens is 676 g/mol. The Morgan fingerprint density at radius 2 is 1.33 bits per heavy atom. The quantitative estimate of drug-likeness (QED) is 0.133. The van der Waals surface area contributed by atoms with Crippen LogP contribution in [-0.4, -0.2) is 41.5 Å². The van der Waals surface area contributed by atoms with Gasteiger partial charge < -0.3 is 30.0 Å². The average molecular weight is 716 g/mol. The summed E-state index contributed by atoms with van der Waals surface area (Å²) >= 11 is 3.43. The molecule has 0 spiro atoms. The standard InChI is InChI=1S/C38H39BrN2O7/c1-4-46-31-12-8-6-10-28(31)40-36(43)34-30(42)22-38(3,45)35(37(44)41-29-11-7-9-13-32(29)47-5-2)33(34)25-16-20-27(21-17-25)48-23-24-14-18-26(39)19-15-24/h6-21,33-35,45H,4-5,22-23H2,1-3H3,(H,40,43)(H,41,44). The fraction of sp³-hybridized carbons (Fsp3) is 0.289. The fourth-order valence-corrected chi connectivity index (χ4v) is 6.41. The third kappa shape index (κ3) is 8.06. The number of anilines is 2. The van der Waals surface area contributed by atoms with Crippen LogP contribution in [0.3, 0.4) is 0 Å².